The van der Waals surface area contributed by atoms with Crippen molar-refractivity contribution in [3.05, 3.63) is 76.2 Å². The van der Waals surface area contributed by atoms with Crippen LogP contribution in [0.1, 0.15) is 18.5 Å². The Bertz CT molecular complexity index is 1120. The van der Waals surface area contributed by atoms with E-state index >= 15 is 0 Å². The quantitative estimate of drug-likeness (QED) is 0.656. The lowest BCUT2D eigenvalue weighted by Crippen LogP contribution is -2.47. The van der Waals surface area contributed by atoms with Gasteiger partial charge in [-0.2, -0.15) is 0 Å². The molecule has 0 fully saturated rings. The molecule has 0 spiro atoms. The second-order valence-electron chi connectivity index (χ2n) is 6.41. The molecule has 0 unspecified atom stereocenters. The minimum atomic E-state index is -3.94. The Kier molecular flexibility index (Phi) is 6.42. The summed E-state index contributed by atoms with van der Waals surface area (Å²) in [4.78, 5) is 24.9. The molecular formula is C20H18ClFN2O5S. The average molecular weight is 453 g/mol. The lowest BCUT2D eigenvalue weighted by atomic mass is 9.95. The summed E-state index contributed by atoms with van der Waals surface area (Å²) in [5, 5.41) is 5.27. The minimum absolute atomic E-state index is 0.0299. The number of amides is 2. The first kappa shape index (κ1) is 21.8. The predicted octanol–water partition coefficient (Wildman–Crippen LogP) is 3.12. The van der Waals surface area contributed by atoms with Crippen LogP contribution >= 0.6 is 11.6 Å². The number of nitrogens with one attached hydrogen (secondary N) is 2. The van der Waals surface area contributed by atoms with Gasteiger partial charge in [0.1, 0.15) is 5.82 Å². The zero-order chi connectivity index (χ0) is 21.9. The standard InChI is InChI=1S/C20H18ClFN2O5S/c1-2-29-19(25)17-16(11-30(27,28)15-8-6-13(21)7-9-15)23-20(26)24-18(17)12-4-3-5-14(22)10-12/h3-10,18H,2,11H2,1H3,(H2,23,24,26)/t18-/m1/s1. The maximum atomic E-state index is 13.8. The number of sulfone groups is 1. The molecule has 30 heavy (non-hydrogen) atoms. The van der Waals surface area contributed by atoms with E-state index in [1.54, 1.807) is 6.92 Å². The van der Waals surface area contributed by atoms with Gasteiger partial charge in [0.2, 0.25) is 0 Å². The molecule has 7 nitrogen and oxygen atoms in total. The van der Waals surface area contributed by atoms with Crippen LogP contribution in [0.3, 0.4) is 0 Å². The largest absolute Gasteiger partial charge is 0.463 e. The summed E-state index contributed by atoms with van der Waals surface area (Å²) in [5.41, 5.74) is 0.0234. The van der Waals surface area contributed by atoms with Crippen LogP contribution in [-0.2, 0) is 19.4 Å². The molecule has 0 saturated carbocycles. The maximum Gasteiger partial charge on any atom is 0.338 e. The summed E-state index contributed by atoms with van der Waals surface area (Å²) < 4.78 is 44.6. The molecule has 1 aliphatic rings. The molecule has 2 N–H and O–H groups in total. The summed E-state index contributed by atoms with van der Waals surface area (Å²) in [6.07, 6.45) is 0. The van der Waals surface area contributed by atoms with E-state index in [1.165, 1.54) is 42.5 Å². The molecule has 2 aromatic rings. The van der Waals surface area contributed by atoms with E-state index in [2.05, 4.69) is 10.6 Å². The van der Waals surface area contributed by atoms with E-state index in [4.69, 9.17) is 16.3 Å². The topological polar surface area (TPSA) is 102 Å². The van der Waals surface area contributed by atoms with Gasteiger partial charge in [-0.25, -0.2) is 22.4 Å². The van der Waals surface area contributed by atoms with Crippen molar-refractivity contribution in [3.8, 4) is 0 Å². The van der Waals surface area contributed by atoms with Gasteiger partial charge in [0.25, 0.3) is 0 Å². The Hall–Kier alpha value is -2.91. The fourth-order valence-corrected chi connectivity index (χ4v) is 4.48. The summed E-state index contributed by atoms with van der Waals surface area (Å²) in [5.74, 6) is -2.05. The zero-order valence-corrected chi connectivity index (χ0v) is 17.4. The lowest BCUT2D eigenvalue weighted by molar-refractivity contribution is -0.139. The van der Waals surface area contributed by atoms with Gasteiger partial charge in [0.15, 0.2) is 9.84 Å². The highest BCUT2D eigenvalue weighted by Crippen LogP contribution is 2.29. The molecule has 2 aromatic carbocycles. The van der Waals surface area contributed by atoms with Crippen LogP contribution in [0.2, 0.25) is 5.02 Å². The number of hydrogen-bond acceptors (Lipinski definition) is 5. The van der Waals surface area contributed by atoms with Gasteiger partial charge in [-0.15, -0.1) is 0 Å². The third-order valence-corrected chi connectivity index (χ3v) is 6.25. The Morgan fingerprint density at radius 3 is 2.53 bits per heavy atom. The first-order valence-corrected chi connectivity index (χ1v) is 11.0. The van der Waals surface area contributed by atoms with Crippen molar-refractivity contribution in [1.82, 2.24) is 10.6 Å². The molecule has 10 heteroatoms. The number of halogens is 2. The molecule has 3 rings (SSSR count). The van der Waals surface area contributed by atoms with Crippen molar-refractivity contribution in [1.29, 1.82) is 0 Å². The van der Waals surface area contributed by atoms with Crippen LogP contribution in [0, 0.1) is 5.82 Å². The van der Waals surface area contributed by atoms with E-state index < -0.39 is 39.4 Å². The van der Waals surface area contributed by atoms with E-state index in [0.717, 1.165) is 6.07 Å². The number of esters is 1. The minimum Gasteiger partial charge on any atom is -0.463 e. The van der Waals surface area contributed by atoms with Gasteiger partial charge < -0.3 is 15.4 Å². The maximum absolute atomic E-state index is 13.8. The molecule has 0 aromatic heterocycles. The highest BCUT2D eigenvalue weighted by Gasteiger charge is 2.35. The number of rotatable bonds is 6. The Labute approximate surface area is 177 Å². The number of benzene rings is 2. The van der Waals surface area contributed by atoms with Crippen molar-refractivity contribution < 1.29 is 27.1 Å². The second-order valence-corrected chi connectivity index (χ2v) is 8.84. The molecule has 0 saturated heterocycles. The first-order valence-electron chi connectivity index (χ1n) is 8.92. The normalized spacial score (nSPS) is 16.6. The lowest BCUT2D eigenvalue weighted by Gasteiger charge is -2.29. The van der Waals surface area contributed by atoms with Gasteiger partial charge >= 0.3 is 12.0 Å². The van der Waals surface area contributed by atoms with Crippen molar-refractivity contribution in [2.24, 2.45) is 0 Å². The third kappa shape index (κ3) is 4.80. The fraction of sp³-hybridized carbons (Fsp3) is 0.200. The number of hydrogen-bond donors (Lipinski definition) is 2. The number of urea groups is 1. The van der Waals surface area contributed by atoms with Crippen LogP contribution < -0.4 is 10.6 Å². The van der Waals surface area contributed by atoms with Gasteiger partial charge in [0.05, 0.1) is 28.9 Å². The van der Waals surface area contributed by atoms with Crippen molar-refractivity contribution in [2.45, 2.75) is 17.9 Å². The SMILES string of the molecule is CCOC(=O)C1=C(CS(=O)(=O)c2ccc(Cl)cc2)NC(=O)N[C@@H]1c1cccc(F)c1. The summed E-state index contributed by atoms with van der Waals surface area (Å²) in [7, 11) is -3.94. The molecule has 0 aliphatic carbocycles. The summed E-state index contributed by atoms with van der Waals surface area (Å²) >= 11 is 5.81. The molecule has 1 atom stereocenters. The van der Waals surface area contributed by atoms with Gasteiger partial charge in [-0.1, -0.05) is 23.7 Å². The van der Waals surface area contributed by atoms with Crippen LogP contribution in [0.25, 0.3) is 0 Å². The van der Waals surface area contributed by atoms with Crippen LogP contribution in [0.15, 0.2) is 64.7 Å². The number of ether oxygens (including phenoxy) is 1. The molecule has 158 valence electrons. The van der Waals surface area contributed by atoms with Crippen LogP contribution in [0.5, 0.6) is 0 Å². The van der Waals surface area contributed by atoms with Crippen molar-refractivity contribution in [3.63, 3.8) is 0 Å². The molecule has 2 amide bonds. The fourth-order valence-electron chi connectivity index (χ4n) is 3.03. The Balaban J connectivity index is 2.10. The van der Waals surface area contributed by atoms with Gasteiger partial charge in [0, 0.05) is 10.7 Å². The smallest absolute Gasteiger partial charge is 0.338 e. The van der Waals surface area contributed by atoms with E-state index in [-0.39, 0.29) is 28.3 Å². The molecule has 0 radical (unpaired) electrons. The van der Waals surface area contributed by atoms with Crippen molar-refractivity contribution >= 4 is 33.4 Å². The molecule has 1 heterocycles. The van der Waals surface area contributed by atoms with Crippen molar-refractivity contribution in [2.75, 3.05) is 12.4 Å². The molecular weight excluding hydrogens is 435 g/mol. The average Bonchev–Trinajstić information content (AvgIpc) is 2.67. The molecule has 0 bridgehead atoms. The van der Waals surface area contributed by atoms with E-state index in [0.29, 0.717) is 5.02 Å². The monoisotopic (exact) mass is 452 g/mol. The Morgan fingerprint density at radius 1 is 1.20 bits per heavy atom. The summed E-state index contributed by atoms with van der Waals surface area (Å²) in [6.45, 7) is 1.62. The third-order valence-electron chi connectivity index (χ3n) is 4.34. The molecule has 1 aliphatic heterocycles. The predicted molar refractivity (Wildman–Crippen MR) is 108 cm³/mol. The zero-order valence-electron chi connectivity index (χ0n) is 15.8. The van der Waals surface area contributed by atoms with E-state index in [9.17, 15) is 22.4 Å². The Morgan fingerprint density at radius 2 is 1.90 bits per heavy atom. The van der Waals surface area contributed by atoms with Gasteiger partial charge in [-0.3, -0.25) is 0 Å². The number of carbonyl (C=O) groups excluding carboxylic acids is 2. The second kappa shape index (κ2) is 8.85. The summed E-state index contributed by atoms with van der Waals surface area (Å²) in [6, 6.07) is 9.01. The first-order chi connectivity index (χ1) is 14.2. The highest BCUT2D eigenvalue weighted by atomic mass is 35.5. The van der Waals surface area contributed by atoms with Crippen LogP contribution in [0.4, 0.5) is 9.18 Å². The number of carbonyl (C=O) groups is 2. The van der Waals surface area contributed by atoms with Crippen LogP contribution in [-0.4, -0.2) is 32.8 Å². The van der Waals surface area contributed by atoms with Gasteiger partial charge in [-0.05, 0) is 48.9 Å². The highest BCUT2D eigenvalue weighted by molar-refractivity contribution is 7.91. The van der Waals surface area contributed by atoms with E-state index in [1.807, 2.05) is 0 Å².